The molecule has 2 aliphatic rings. The van der Waals surface area contributed by atoms with E-state index in [1.54, 1.807) is 0 Å². The average molecular weight is 591 g/mol. The molecule has 0 aliphatic carbocycles. The van der Waals surface area contributed by atoms with Gasteiger partial charge in [0, 0.05) is 13.1 Å². The van der Waals surface area contributed by atoms with Crippen molar-refractivity contribution < 1.29 is 0 Å². The highest BCUT2D eigenvalue weighted by molar-refractivity contribution is 4.99. The van der Waals surface area contributed by atoms with Gasteiger partial charge in [-0.15, -0.1) is 0 Å². The van der Waals surface area contributed by atoms with Gasteiger partial charge in [0.25, 0.3) is 0 Å². The summed E-state index contributed by atoms with van der Waals surface area (Å²) in [5.41, 5.74) is 8.50. The van der Waals surface area contributed by atoms with Crippen LogP contribution < -0.4 is 10.9 Å². The maximum atomic E-state index is 3.91. The zero-order chi connectivity index (χ0) is 30.2. The predicted octanol–water partition coefficient (Wildman–Crippen LogP) is 11.8. The van der Waals surface area contributed by atoms with Gasteiger partial charge >= 0.3 is 0 Å². The van der Waals surface area contributed by atoms with Gasteiger partial charge in [0.05, 0.1) is 11.3 Å². The number of hydrogen-bond acceptors (Lipinski definition) is 4. The number of unbranched alkanes of at least 4 members (excludes halogenated alkanes) is 21. The van der Waals surface area contributed by atoms with Crippen LogP contribution in [-0.4, -0.2) is 34.4 Å². The molecule has 0 aromatic heterocycles. The molecular weight excluding hydrogens is 512 g/mol. The van der Waals surface area contributed by atoms with Crippen molar-refractivity contribution in [2.75, 3.05) is 13.1 Å². The summed E-state index contributed by atoms with van der Waals surface area (Å²) in [4.78, 5) is 0. The van der Waals surface area contributed by atoms with Crippen LogP contribution in [0.25, 0.3) is 0 Å². The van der Waals surface area contributed by atoms with Crippen LogP contribution in [0.5, 0.6) is 0 Å². The van der Waals surface area contributed by atoms with E-state index >= 15 is 0 Å². The summed E-state index contributed by atoms with van der Waals surface area (Å²) in [6.45, 7) is 11.8. The lowest BCUT2D eigenvalue weighted by molar-refractivity contribution is 0.313. The summed E-state index contributed by atoms with van der Waals surface area (Å²) in [5.74, 6) is 0. The number of nitrogens with zero attached hydrogens (tertiary/aromatic N) is 2. The second kappa shape index (κ2) is 24.1. The highest BCUT2D eigenvalue weighted by Crippen LogP contribution is 2.38. The third kappa shape index (κ3) is 16.2. The summed E-state index contributed by atoms with van der Waals surface area (Å²) in [7, 11) is 0. The third-order valence-corrected chi connectivity index (χ3v) is 10.4. The number of hydrazine groups is 2. The van der Waals surface area contributed by atoms with Gasteiger partial charge in [0.1, 0.15) is 0 Å². The van der Waals surface area contributed by atoms with Crippen molar-refractivity contribution in [3.63, 3.8) is 0 Å². The fraction of sp³-hybridized carbons (Fsp3) is 1.00. The number of nitrogens with one attached hydrogen (secondary N) is 2. The Labute approximate surface area is 265 Å². The molecule has 0 amide bonds. The molecule has 2 aliphatic heterocycles. The first-order chi connectivity index (χ1) is 20.7. The van der Waals surface area contributed by atoms with Gasteiger partial charge in [-0.05, 0) is 38.5 Å². The van der Waals surface area contributed by atoms with Crippen LogP contribution in [0.1, 0.15) is 220 Å². The zero-order valence-electron chi connectivity index (χ0n) is 29.5. The molecule has 4 heteroatoms. The fourth-order valence-corrected chi connectivity index (χ4v) is 7.34. The fourth-order valence-electron chi connectivity index (χ4n) is 7.34. The van der Waals surface area contributed by atoms with Gasteiger partial charge in [-0.3, -0.25) is 0 Å². The SMILES string of the molecule is CCCCCCCCC1(CCCCCCCC)NN1CCCCN1NC1(CCCCCCCC)CCCCCCCC. The Morgan fingerprint density at radius 3 is 0.810 bits per heavy atom. The van der Waals surface area contributed by atoms with E-state index in [0.717, 1.165) is 0 Å². The minimum Gasteiger partial charge on any atom is -0.232 e. The largest absolute Gasteiger partial charge is 0.232 e. The maximum absolute atomic E-state index is 3.91. The monoisotopic (exact) mass is 591 g/mol. The molecule has 0 aromatic rings. The molecule has 2 rings (SSSR count). The van der Waals surface area contributed by atoms with E-state index < -0.39 is 0 Å². The van der Waals surface area contributed by atoms with Crippen LogP contribution in [0.15, 0.2) is 0 Å². The molecule has 250 valence electrons. The Balaban J connectivity index is 1.70. The van der Waals surface area contributed by atoms with Crippen LogP contribution in [0.3, 0.4) is 0 Å². The van der Waals surface area contributed by atoms with Crippen LogP contribution in [0.4, 0.5) is 0 Å². The first kappa shape index (κ1) is 38.0. The first-order valence-corrected chi connectivity index (χ1v) is 19.8. The molecular formula is C38H78N4. The summed E-state index contributed by atoms with van der Waals surface area (Å²) in [6.07, 6.45) is 41.9. The van der Waals surface area contributed by atoms with Crippen molar-refractivity contribution in [2.24, 2.45) is 0 Å². The minimum atomic E-state index is 0.340. The van der Waals surface area contributed by atoms with Crippen molar-refractivity contribution in [1.82, 2.24) is 20.9 Å². The summed E-state index contributed by atoms with van der Waals surface area (Å²) < 4.78 is 0. The Morgan fingerprint density at radius 2 is 0.548 bits per heavy atom. The van der Waals surface area contributed by atoms with Crippen molar-refractivity contribution in [2.45, 2.75) is 232 Å². The van der Waals surface area contributed by atoms with Crippen molar-refractivity contribution >= 4 is 0 Å². The predicted molar refractivity (Wildman–Crippen MR) is 186 cm³/mol. The lowest BCUT2D eigenvalue weighted by Crippen LogP contribution is -2.22. The van der Waals surface area contributed by atoms with E-state index in [4.69, 9.17) is 0 Å². The lowest BCUT2D eigenvalue weighted by atomic mass is 9.97. The van der Waals surface area contributed by atoms with E-state index in [9.17, 15) is 0 Å². The van der Waals surface area contributed by atoms with Gasteiger partial charge in [0.15, 0.2) is 0 Å². The molecule has 0 saturated carbocycles. The topological polar surface area (TPSA) is 49.9 Å². The Bertz CT molecular complexity index is 524. The quantitative estimate of drug-likeness (QED) is 0.0589. The number of rotatable bonds is 33. The molecule has 0 bridgehead atoms. The molecule has 0 aromatic carbocycles. The smallest absolute Gasteiger partial charge is 0.0974 e. The van der Waals surface area contributed by atoms with Crippen molar-refractivity contribution in [3.8, 4) is 0 Å². The minimum absolute atomic E-state index is 0.340. The van der Waals surface area contributed by atoms with Gasteiger partial charge in [-0.2, -0.15) is 0 Å². The van der Waals surface area contributed by atoms with Crippen LogP contribution in [-0.2, 0) is 0 Å². The second-order valence-corrected chi connectivity index (χ2v) is 14.4. The third-order valence-electron chi connectivity index (χ3n) is 10.4. The first-order valence-electron chi connectivity index (χ1n) is 19.8. The van der Waals surface area contributed by atoms with E-state index in [-0.39, 0.29) is 0 Å². The highest BCUT2D eigenvalue weighted by Gasteiger charge is 2.51. The van der Waals surface area contributed by atoms with Gasteiger partial charge in [0.2, 0.25) is 0 Å². The lowest BCUT2D eigenvalue weighted by Gasteiger charge is -2.17. The summed E-state index contributed by atoms with van der Waals surface area (Å²) >= 11 is 0. The molecule has 2 saturated heterocycles. The molecule has 0 spiro atoms. The molecule has 4 nitrogen and oxygen atoms in total. The van der Waals surface area contributed by atoms with Gasteiger partial charge < -0.3 is 0 Å². The molecule has 2 fully saturated rings. The normalized spacial score (nSPS) is 20.3. The molecule has 42 heavy (non-hydrogen) atoms. The maximum Gasteiger partial charge on any atom is 0.0974 e. The van der Waals surface area contributed by atoms with E-state index in [0.29, 0.717) is 11.3 Å². The van der Waals surface area contributed by atoms with Crippen molar-refractivity contribution in [3.05, 3.63) is 0 Å². The second-order valence-electron chi connectivity index (χ2n) is 14.4. The molecule has 0 radical (unpaired) electrons. The van der Waals surface area contributed by atoms with E-state index in [2.05, 4.69) is 48.6 Å². The number of hydrogen-bond donors (Lipinski definition) is 2. The van der Waals surface area contributed by atoms with E-state index in [1.807, 2.05) is 0 Å². The summed E-state index contributed by atoms with van der Waals surface area (Å²) in [5, 5.41) is 5.31. The van der Waals surface area contributed by atoms with Gasteiger partial charge in [-0.1, -0.05) is 182 Å². The van der Waals surface area contributed by atoms with Crippen LogP contribution in [0.2, 0.25) is 0 Å². The van der Waals surface area contributed by atoms with Crippen LogP contribution >= 0.6 is 0 Å². The molecule has 2 atom stereocenters. The Morgan fingerprint density at radius 1 is 0.310 bits per heavy atom. The Kier molecular flexibility index (Phi) is 21.8. The summed E-state index contributed by atoms with van der Waals surface area (Å²) in [6, 6.07) is 0. The standard InChI is InChI=1S/C38H78N4/c1-5-9-13-17-21-25-31-37(32-26-22-18-14-10-6-2)39-41(37)35-29-30-36-42-38(40-42,33-27-23-19-15-11-7-3)34-28-24-20-16-12-8-4/h39-40H,5-36H2,1-4H3. The molecule has 2 heterocycles. The zero-order valence-corrected chi connectivity index (χ0v) is 29.5. The Hall–Kier alpha value is -0.160. The van der Waals surface area contributed by atoms with Crippen LogP contribution in [0, 0.1) is 0 Å². The molecule has 2 unspecified atom stereocenters. The highest BCUT2D eigenvalue weighted by atomic mass is 15.8. The molecule has 2 N–H and O–H groups in total. The van der Waals surface area contributed by atoms with Gasteiger partial charge in [-0.25, -0.2) is 20.9 Å². The van der Waals surface area contributed by atoms with Crippen molar-refractivity contribution in [1.29, 1.82) is 0 Å². The van der Waals surface area contributed by atoms with E-state index in [1.165, 1.54) is 206 Å². The average Bonchev–Trinajstić information content (AvgIpc) is 3.89.